The predicted molar refractivity (Wildman–Crippen MR) is 145 cm³/mol. The number of methoxy groups -OCH3 is 1. The number of hydrogen-bond acceptors (Lipinski definition) is 7. The van der Waals surface area contributed by atoms with Crippen LogP contribution in [0.25, 0.3) is 0 Å². The molecule has 0 radical (unpaired) electrons. The Kier molecular flexibility index (Phi) is 9.16. The van der Waals surface area contributed by atoms with Crippen molar-refractivity contribution in [1.29, 1.82) is 5.26 Å². The van der Waals surface area contributed by atoms with Gasteiger partial charge in [-0.15, -0.1) is 0 Å². The minimum atomic E-state index is -0.615. The number of carbonyl (C=O) groups is 1. The van der Waals surface area contributed by atoms with Gasteiger partial charge >= 0.3 is 6.09 Å². The van der Waals surface area contributed by atoms with Crippen molar-refractivity contribution in [3.05, 3.63) is 59.2 Å². The van der Waals surface area contributed by atoms with Gasteiger partial charge in [-0.1, -0.05) is 6.07 Å². The zero-order valence-corrected chi connectivity index (χ0v) is 23.5. The first-order valence-corrected chi connectivity index (χ1v) is 13.5. The molecule has 2 aliphatic rings. The Morgan fingerprint density at radius 3 is 2.40 bits per heavy atom. The van der Waals surface area contributed by atoms with Crippen LogP contribution >= 0.6 is 0 Å². The third kappa shape index (κ3) is 7.40. The fourth-order valence-electron chi connectivity index (χ4n) is 4.96. The first-order valence-electron chi connectivity index (χ1n) is 13.5. The van der Waals surface area contributed by atoms with Crippen molar-refractivity contribution in [2.24, 2.45) is 5.41 Å². The summed E-state index contributed by atoms with van der Waals surface area (Å²) in [5.41, 5.74) is 0.529. The van der Waals surface area contributed by atoms with E-state index in [4.69, 9.17) is 24.2 Å². The van der Waals surface area contributed by atoms with Crippen LogP contribution in [0.3, 0.4) is 0 Å². The molecule has 0 bridgehead atoms. The minimum Gasteiger partial charge on any atom is -0.494 e. The maximum absolute atomic E-state index is 14.5. The number of rotatable bonds is 7. The smallest absolute Gasteiger partial charge is 0.410 e. The number of anilines is 1. The number of nitrogens with zero attached hydrogens (tertiary/aromatic N) is 3. The molecule has 0 N–H and O–H groups in total. The van der Waals surface area contributed by atoms with E-state index >= 15 is 0 Å². The van der Waals surface area contributed by atoms with Crippen LogP contribution in [0, 0.1) is 28.4 Å². The van der Waals surface area contributed by atoms with E-state index in [1.807, 2.05) is 31.7 Å². The van der Waals surface area contributed by atoms with Gasteiger partial charge in [0.15, 0.2) is 17.9 Å². The van der Waals surface area contributed by atoms with Crippen LogP contribution in [0.5, 0.6) is 5.75 Å². The van der Waals surface area contributed by atoms with Crippen molar-refractivity contribution >= 4 is 11.8 Å². The second-order valence-corrected chi connectivity index (χ2v) is 11.5. The number of nitriles is 1. The summed E-state index contributed by atoms with van der Waals surface area (Å²) >= 11 is 0. The lowest BCUT2D eigenvalue weighted by atomic mass is 9.79. The molecular weight excluding hydrogens is 520 g/mol. The second kappa shape index (κ2) is 12.4. The first-order chi connectivity index (χ1) is 19.0. The Balaban J connectivity index is 1.36. The van der Waals surface area contributed by atoms with Gasteiger partial charge in [-0.3, -0.25) is 0 Å². The molecule has 1 spiro atoms. The topological polar surface area (TPSA) is 84.3 Å². The average Bonchev–Trinajstić information content (AvgIpc) is 2.91. The summed E-state index contributed by atoms with van der Waals surface area (Å²) in [6.07, 6.45) is 1.28. The largest absolute Gasteiger partial charge is 0.494 e. The van der Waals surface area contributed by atoms with Crippen molar-refractivity contribution in [1.82, 2.24) is 4.90 Å². The molecule has 4 rings (SSSR count). The van der Waals surface area contributed by atoms with Crippen LogP contribution in [0.15, 0.2) is 36.4 Å². The molecule has 1 amide bonds. The number of halogens is 2. The van der Waals surface area contributed by atoms with E-state index in [1.165, 1.54) is 25.3 Å². The molecular formula is C30H37F2N3O5. The molecule has 216 valence electrons. The zero-order valence-electron chi connectivity index (χ0n) is 23.5. The summed E-state index contributed by atoms with van der Waals surface area (Å²) < 4.78 is 51.6. The quantitative estimate of drug-likeness (QED) is 0.436. The highest BCUT2D eigenvalue weighted by atomic mass is 19.1. The van der Waals surface area contributed by atoms with Crippen molar-refractivity contribution < 1.29 is 32.5 Å². The van der Waals surface area contributed by atoms with Crippen molar-refractivity contribution in [2.75, 3.05) is 44.9 Å². The molecule has 0 aromatic heterocycles. The summed E-state index contributed by atoms with van der Waals surface area (Å²) in [5.74, 6) is -0.946. The van der Waals surface area contributed by atoms with E-state index in [2.05, 4.69) is 0 Å². The third-order valence-corrected chi connectivity index (χ3v) is 7.29. The molecule has 40 heavy (non-hydrogen) atoms. The fraction of sp³-hybridized carbons (Fsp3) is 0.533. The number of likely N-dealkylation sites (tertiary alicyclic amines) is 1. The van der Waals surface area contributed by atoms with E-state index < -0.39 is 23.5 Å². The monoisotopic (exact) mass is 557 g/mol. The van der Waals surface area contributed by atoms with E-state index in [0.29, 0.717) is 57.1 Å². The van der Waals surface area contributed by atoms with Crippen LogP contribution in [0.1, 0.15) is 51.2 Å². The first kappa shape index (κ1) is 29.6. The van der Waals surface area contributed by atoms with Gasteiger partial charge < -0.3 is 28.7 Å². The number of amides is 1. The molecule has 2 saturated heterocycles. The van der Waals surface area contributed by atoms with Crippen molar-refractivity contribution in [2.45, 2.75) is 58.5 Å². The van der Waals surface area contributed by atoms with Gasteiger partial charge in [-0.05, 0) is 69.5 Å². The van der Waals surface area contributed by atoms with Crippen LogP contribution in [0.2, 0.25) is 0 Å². The molecule has 10 heteroatoms. The maximum atomic E-state index is 14.5. The van der Waals surface area contributed by atoms with Gasteiger partial charge in [-0.25, -0.2) is 13.6 Å². The van der Waals surface area contributed by atoms with E-state index in [1.54, 1.807) is 23.1 Å². The lowest BCUT2D eigenvalue weighted by Gasteiger charge is -2.45. The van der Waals surface area contributed by atoms with Crippen LogP contribution < -0.4 is 9.64 Å². The summed E-state index contributed by atoms with van der Waals surface area (Å²) in [5, 5.41) is 9.11. The SMILES string of the molecule is COc1ccc(CN(CCC2OCC3(CCN(C(=O)OC(C)(C)C)CC3)CO2)c2ccc(C#N)c(F)c2)cc1F. The predicted octanol–water partition coefficient (Wildman–Crippen LogP) is 5.63. The summed E-state index contributed by atoms with van der Waals surface area (Å²) in [6.45, 7) is 8.54. The summed E-state index contributed by atoms with van der Waals surface area (Å²) in [4.78, 5) is 16.1. The van der Waals surface area contributed by atoms with Crippen LogP contribution in [0.4, 0.5) is 19.3 Å². The molecule has 8 nitrogen and oxygen atoms in total. The van der Waals surface area contributed by atoms with Crippen molar-refractivity contribution in [3.63, 3.8) is 0 Å². The van der Waals surface area contributed by atoms with Crippen LogP contribution in [-0.2, 0) is 20.8 Å². The molecule has 2 fully saturated rings. The summed E-state index contributed by atoms with van der Waals surface area (Å²) in [6, 6.07) is 11.0. The minimum absolute atomic E-state index is 0.0406. The van der Waals surface area contributed by atoms with Crippen molar-refractivity contribution in [3.8, 4) is 11.8 Å². The average molecular weight is 558 g/mol. The maximum Gasteiger partial charge on any atom is 0.410 e. The number of ether oxygens (including phenoxy) is 4. The highest BCUT2D eigenvalue weighted by Gasteiger charge is 2.41. The molecule has 2 aromatic carbocycles. The second-order valence-electron chi connectivity index (χ2n) is 11.5. The Morgan fingerprint density at radius 1 is 1.12 bits per heavy atom. The number of piperidine rings is 1. The number of hydrogen-bond donors (Lipinski definition) is 0. The van der Waals surface area contributed by atoms with E-state index in [0.717, 1.165) is 12.8 Å². The van der Waals surface area contributed by atoms with Gasteiger partial charge in [-0.2, -0.15) is 5.26 Å². The molecule has 0 saturated carbocycles. The zero-order chi connectivity index (χ0) is 28.9. The normalized spacial score (nSPS) is 17.4. The Bertz CT molecular complexity index is 1220. The highest BCUT2D eigenvalue weighted by molar-refractivity contribution is 5.68. The lowest BCUT2D eigenvalue weighted by molar-refractivity contribution is -0.238. The lowest BCUT2D eigenvalue weighted by Crippen LogP contribution is -2.51. The Hall–Kier alpha value is -3.42. The van der Waals surface area contributed by atoms with Gasteiger partial charge in [0.2, 0.25) is 0 Å². The number of carbonyl (C=O) groups excluding carboxylic acids is 1. The molecule has 0 atom stereocenters. The number of benzene rings is 2. The molecule has 2 aromatic rings. The molecule has 0 unspecified atom stereocenters. The third-order valence-electron chi connectivity index (χ3n) is 7.29. The highest BCUT2D eigenvalue weighted by Crippen LogP contribution is 2.37. The van der Waals surface area contributed by atoms with Gasteiger partial charge in [0.1, 0.15) is 17.5 Å². The Morgan fingerprint density at radius 2 is 1.82 bits per heavy atom. The van der Waals surface area contributed by atoms with Gasteiger partial charge in [0.25, 0.3) is 0 Å². The fourth-order valence-corrected chi connectivity index (χ4v) is 4.96. The molecule has 0 aliphatic carbocycles. The van der Waals surface area contributed by atoms with Gasteiger partial charge in [0.05, 0.1) is 25.9 Å². The standard InChI is InChI=1S/C30H37F2N3O5/c1-29(2,3)40-28(36)34-13-10-30(11-14-34)19-38-27(39-20-30)9-12-35(23-7-6-22(17-33)24(31)16-23)18-21-5-8-26(37-4)25(32)15-21/h5-8,15-16,27H,9-14,18-20H2,1-4H3. The molecule has 2 aliphatic heterocycles. The van der Waals surface area contributed by atoms with Gasteiger partial charge in [0, 0.05) is 43.7 Å². The summed E-state index contributed by atoms with van der Waals surface area (Å²) in [7, 11) is 1.41. The van der Waals surface area contributed by atoms with E-state index in [9.17, 15) is 13.6 Å². The van der Waals surface area contributed by atoms with Crippen LogP contribution in [-0.4, -0.2) is 62.8 Å². The molecule has 2 heterocycles. The Labute approximate surface area is 234 Å². The van der Waals surface area contributed by atoms with E-state index in [-0.39, 0.29) is 22.8 Å².